The van der Waals surface area contributed by atoms with Crippen molar-refractivity contribution in [3.63, 3.8) is 0 Å². The smallest absolute Gasteiger partial charge is 0.244 e. The summed E-state index contributed by atoms with van der Waals surface area (Å²) in [6.07, 6.45) is 2.30. The molecule has 114 valence electrons. The summed E-state index contributed by atoms with van der Waals surface area (Å²) >= 11 is 3.41. The molecule has 0 aromatic carbocycles. The highest BCUT2D eigenvalue weighted by atomic mass is 79.9. The van der Waals surface area contributed by atoms with Crippen LogP contribution in [0.15, 0.2) is 10.7 Å². The maximum absolute atomic E-state index is 12.4. The summed E-state index contributed by atoms with van der Waals surface area (Å²) in [6.45, 7) is 4.41. The highest BCUT2D eigenvalue weighted by Gasteiger charge is 2.28. The zero-order valence-corrected chi connectivity index (χ0v) is 13.6. The molecule has 1 unspecified atom stereocenters. The summed E-state index contributed by atoms with van der Waals surface area (Å²) in [4.78, 5) is 23.1. The van der Waals surface area contributed by atoms with Gasteiger partial charge in [0, 0.05) is 25.1 Å². The van der Waals surface area contributed by atoms with E-state index in [1.54, 1.807) is 0 Å². The lowest BCUT2D eigenvalue weighted by molar-refractivity contribution is -0.135. The molecule has 1 aliphatic carbocycles. The summed E-state index contributed by atoms with van der Waals surface area (Å²) in [5.74, 6) is 2.13. The predicted molar refractivity (Wildman–Crippen MR) is 82.2 cm³/mol. The van der Waals surface area contributed by atoms with Gasteiger partial charge in [0.2, 0.25) is 5.91 Å². The van der Waals surface area contributed by atoms with Crippen LogP contribution in [-0.2, 0) is 9.53 Å². The maximum Gasteiger partial charge on any atom is 0.244 e. The minimum absolute atomic E-state index is 0.0843. The average Bonchev–Trinajstić information content (AvgIpc) is 3.31. The fraction of sp³-hybridized carbons (Fsp3) is 0.643. The van der Waals surface area contributed by atoms with E-state index in [-0.39, 0.29) is 11.9 Å². The first kappa shape index (κ1) is 14.7. The number of rotatable bonds is 4. The van der Waals surface area contributed by atoms with Gasteiger partial charge in [0.15, 0.2) is 0 Å². The number of carbonyl (C=O) groups is 1. The van der Waals surface area contributed by atoms with Crippen molar-refractivity contribution < 1.29 is 9.53 Å². The van der Waals surface area contributed by atoms with Crippen LogP contribution < -0.4 is 5.32 Å². The van der Waals surface area contributed by atoms with E-state index in [1.165, 1.54) is 0 Å². The molecule has 1 aromatic heterocycles. The van der Waals surface area contributed by atoms with E-state index < -0.39 is 0 Å². The first-order valence-corrected chi connectivity index (χ1v) is 8.10. The highest BCUT2D eigenvalue weighted by Crippen LogP contribution is 2.38. The van der Waals surface area contributed by atoms with Gasteiger partial charge in [0.05, 0.1) is 13.2 Å². The van der Waals surface area contributed by atoms with Gasteiger partial charge >= 0.3 is 0 Å². The second-order valence-electron chi connectivity index (χ2n) is 5.51. The Hall–Kier alpha value is -1.21. The summed E-state index contributed by atoms with van der Waals surface area (Å²) in [5, 5.41) is 3.19. The summed E-state index contributed by atoms with van der Waals surface area (Å²) in [7, 11) is 0. The number of hydrogen-bond acceptors (Lipinski definition) is 5. The Balaban J connectivity index is 1.66. The lowest BCUT2D eigenvalue weighted by atomic mass is 10.2. The van der Waals surface area contributed by atoms with Crippen LogP contribution >= 0.6 is 15.9 Å². The molecule has 1 aromatic rings. The Morgan fingerprint density at radius 1 is 1.43 bits per heavy atom. The molecule has 6 nitrogen and oxygen atoms in total. The number of halogens is 1. The Morgan fingerprint density at radius 3 is 2.81 bits per heavy atom. The van der Waals surface area contributed by atoms with Crippen LogP contribution in [0.4, 0.5) is 5.82 Å². The highest BCUT2D eigenvalue weighted by molar-refractivity contribution is 9.10. The van der Waals surface area contributed by atoms with Gasteiger partial charge in [-0.25, -0.2) is 9.97 Å². The Morgan fingerprint density at radius 2 is 2.14 bits per heavy atom. The molecule has 2 fully saturated rings. The molecule has 0 bridgehead atoms. The third-order valence-electron chi connectivity index (χ3n) is 3.71. The van der Waals surface area contributed by atoms with Crippen molar-refractivity contribution in [2.24, 2.45) is 0 Å². The number of amides is 1. The van der Waals surface area contributed by atoms with Gasteiger partial charge in [0.1, 0.15) is 22.3 Å². The van der Waals surface area contributed by atoms with Crippen molar-refractivity contribution in [2.75, 3.05) is 31.6 Å². The molecular formula is C14H19BrN4O2. The van der Waals surface area contributed by atoms with E-state index in [1.807, 2.05) is 17.9 Å². The molecule has 2 aliphatic rings. The first-order chi connectivity index (χ1) is 10.1. The van der Waals surface area contributed by atoms with Crippen LogP contribution in [-0.4, -0.2) is 53.1 Å². The van der Waals surface area contributed by atoms with Crippen LogP contribution in [0.5, 0.6) is 0 Å². The van der Waals surface area contributed by atoms with Crippen molar-refractivity contribution >= 4 is 27.7 Å². The van der Waals surface area contributed by atoms with Gasteiger partial charge in [-0.15, -0.1) is 0 Å². The monoisotopic (exact) mass is 354 g/mol. The molecular weight excluding hydrogens is 336 g/mol. The molecule has 7 heteroatoms. The van der Waals surface area contributed by atoms with Gasteiger partial charge in [-0.05, 0) is 35.7 Å². The van der Waals surface area contributed by atoms with Crippen LogP contribution in [0.3, 0.4) is 0 Å². The van der Waals surface area contributed by atoms with E-state index in [4.69, 9.17) is 4.74 Å². The number of anilines is 1. The van der Waals surface area contributed by atoms with Gasteiger partial charge in [0.25, 0.3) is 0 Å². The van der Waals surface area contributed by atoms with Gasteiger partial charge in [-0.2, -0.15) is 0 Å². The molecule has 2 heterocycles. The zero-order chi connectivity index (χ0) is 14.8. The minimum atomic E-state index is -0.308. The van der Waals surface area contributed by atoms with E-state index in [9.17, 15) is 4.79 Å². The van der Waals surface area contributed by atoms with Crippen molar-refractivity contribution in [1.82, 2.24) is 14.9 Å². The average molecular weight is 355 g/mol. The largest absolute Gasteiger partial charge is 0.378 e. The second-order valence-corrected chi connectivity index (χ2v) is 6.32. The van der Waals surface area contributed by atoms with Gasteiger partial charge < -0.3 is 15.0 Å². The van der Waals surface area contributed by atoms with Crippen LogP contribution in [0.1, 0.15) is 31.5 Å². The lowest BCUT2D eigenvalue weighted by Crippen LogP contribution is -2.47. The minimum Gasteiger partial charge on any atom is -0.378 e. The lowest BCUT2D eigenvalue weighted by Gasteiger charge is -2.29. The zero-order valence-electron chi connectivity index (χ0n) is 12.0. The van der Waals surface area contributed by atoms with Crippen molar-refractivity contribution in [3.05, 3.63) is 16.5 Å². The quantitative estimate of drug-likeness (QED) is 0.834. The molecule has 0 radical (unpaired) electrons. The Kier molecular flexibility index (Phi) is 4.40. The van der Waals surface area contributed by atoms with E-state index in [2.05, 4.69) is 31.2 Å². The third kappa shape index (κ3) is 3.71. The summed E-state index contributed by atoms with van der Waals surface area (Å²) < 4.78 is 6.03. The molecule has 3 rings (SSSR count). The van der Waals surface area contributed by atoms with Crippen LogP contribution in [0.25, 0.3) is 0 Å². The van der Waals surface area contributed by atoms with Crippen molar-refractivity contribution in [3.8, 4) is 0 Å². The molecule has 1 saturated carbocycles. The number of aromatic nitrogens is 2. The molecule has 1 N–H and O–H groups in total. The molecule has 21 heavy (non-hydrogen) atoms. The number of carbonyl (C=O) groups excluding carboxylic acids is 1. The SMILES string of the molecule is CC(Nc1cc(Br)nc(C2CC2)n1)C(=O)N1CCOCC1. The number of morpholine rings is 1. The molecule has 1 saturated heterocycles. The van der Waals surface area contributed by atoms with Gasteiger partial charge in [-0.3, -0.25) is 4.79 Å². The van der Waals surface area contributed by atoms with E-state index in [0.717, 1.165) is 23.3 Å². The fourth-order valence-corrected chi connectivity index (χ4v) is 2.77. The number of ether oxygens (including phenoxy) is 1. The number of hydrogen-bond donors (Lipinski definition) is 1. The normalized spacial score (nSPS) is 20.2. The third-order valence-corrected chi connectivity index (χ3v) is 4.12. The number of nitrogens with zero attached hydrogens (tertiary/aromatic N) is 3. The standard InChI is InChI=1S/C14H19BrN4O2/c1-9(14(20)19-4-6-21-7-5-19)16-12-8-11(15)17-13(18-12)10-2-3-10/h8-10H,2-7H2,1H3,(H,16,17,18). The molecule has 1 aliphatic heterocycles. The molecule has 1 atom stereocenters. The van der Waals surface area contributed by atoms with Gasteiger partial charge in [-0.1, -0.05) is 0 Å². The van der Waals surface area contributed by atoms with E-state index >= 15 is 0 Å². The molecule has 0 spiro atoms. The fourth-order valence-electron chi connectivity index (χ4n) is 2.37. The van der Waals surface area contributed by atoms with Crippen LogP contribution in [0, 0.1) is 0 Å². The summed E-state index contributed by atoms with van der Waals surface area (Å²) in [6, 6.07) is 1.51. The topological polar surface area (TPSA) is 67.4 Å². The van der Waals surface area contributed by atoms with Crippen molar-refractivity contribution in [2.45, 2.75) is 31.7 Å². The number of nitrogens with one attached hydrogen (secondary N) is 1. The summed E-state index contributed by atoms with van der Waals surface area (Å²) in [5.41, 5.74) is 0. The first-order valence-electron chi connectivity index (χ1n) is 7.31. The maximum atomic E-state index is 12.4. The second kappa shape index (κ2) is 6.27. The predicted octanol–water partition coefficient (Wildman–Crippen LogP) is 1.78. The Labute approximate surface area is 132 Å². The van der Waals surface area contributed by atoms with E-state index in [0.29, 0.717) is 38.0 Å². The van der Waals surface area contributed by atoms with Crippen LogP contribution in [0.2, 0.25) is 0 Å². The van der Waals surface area contributed by atoms with Crippen molar-refractivity contribution in [1.29, 1.82) is 0 Å². The Bertz CT molecular complexity index is 530. The molecule has 1 amide bonds.